The van der Waals surface area contributed by atoms with Crippen LogP contribution in [-0.2, 0) is 10.2 Å². The van der Waals surface area contributed by atoms with E-state index in [1.165, 1.54) is 8.61 Å². The minimum absolute atomic E-state index is 0.136. The molecule has 28 heavy (non-hydrogen) atoms. The fraction of sp³-hybridized carbons (Fsp3) is 0.444. The number of carbonyl (C=O) groups excluding carboxylic acids is 1. The van der Waals surface area contributed by atoms with E-state index in [0.29, 0.717) is 44.8 Å². The average Bonchev–Trinajstić information content (AvgIpc) is 3.19. The van der Waals surface area contributed by atoms with Gasteiger partial charge in [-0.05, 0) is 24.3 Å². The normalized spacial score (nSPS) is 15.9. The number of hydrogen-bond donors (Lipinski definition) is 0. The van der Waals surface area contributed by atoms with Crippen molar-refractivity contribution in [3.63, 3.8) is 0 Å². The number of rotatable bonds is 6. The summed E-state index contributed by atoms with van der Waals surface area (Å²) in [6.07, 6.45) is 3.24. The van der Waals surface area contributed by atoms with Crippen molar-refractivity contribution >= 4 is 32.0 Å². The molecule has 3 rings (SSSR count). The van der Waals surface area contributed by atoms with Crippen molar-refractivity contribution in [2.24, 2.45) is 0 Å². The minimum atomic E-state index is -3.47. The average molecular weight is 470 g/mol. The quantitative estimate of drug-likeness (QED) is 0.647. The van der Waals surface area contributed by atoms with Gasteiger partial charge < -0.3 is 4.90 Å². The van der Waals surface area contributed by atoms with Crippen molar-refractivity contribution in [2.75, 3.05) is 39.3 Å². The monoisotopic (exact) mass is 469 g/mol. The minimum Gasteiger partial charge on any atom is -0.336 e. The Morgan fingerprint density at radius 3 is 2.29 bits per heavy atom. The van der Waals surface area contributed by atoms with Gasteiger partial charge in [0.15, 0.2) is 0 Å². The zero-order valence-corrected chi connectivity index (χ0v) is 18.4. The summed E-state index contributed by atoms with van der Waals surface area (Å²) in [4.78, 5) is 14.5. The molecule has 1 amide bonds. The third-order valence-corrected chi connectivity index (χ3v) is 7.52. The summed E-state index contributed by atoms with van der Waals surface area (Å²) in [5.41, 5.74) is 1.35. The van der Waals surface area contributed by atoms with Crippen molar-refractivity contribution in [3.8, 4) is 5.69 Å². The van der Waals surface area contributed by atoms with E-state index in [4.69, 9.17) is 0 Å². The smallest absolute Gasteiger partial charge is 0.282 e. The number of benzene rings is 1. The Morgan fingerprint density at radius 1 is 1.11 bits per heavy atom. The van der Waals surface area contributed by atoms with Gasteiger partial charge in [-0.1, -0.05) is 29.8 Å². The molecule has 1 fully saturated rings. The van der Waals surface area contributed by atoms with Gasteiger partial charge in [-0.15, -0.1) is 0 Å². The lowest BCUT2D eigenvalue weighted by Crippen LogP contribution is -2.54. The SMILES string of the molecule is CCN(CC)S(=O)(=O)N1CCN(C(=O)c2cnn(-c3ccc(Br)cc3)c2)CC1. The van der Waals surface area contributed by atoms with Gasteiger partial charge in [0.05, 0.1) is 17.4 Å². The van der Waals surface area contributed by atoms with Crippen molar-refractivity contribution < 1.29 is 13.2 Å². The molecular formula is C18H24BrN5O3S. The van der Waals surface area contributed by atoms with Gasteiger partial charge in [0.25, 0.3) is 16.1 Å². The zero-order chi connectivity index (χ0) is 20.3. The molecule has 0 aliphatic carbocycles. The Labute approximate surface area is 174 Å². The van der Waals surface area contributed by atoms with Crippen LogP contribution in [0.1, 0.15) is 24.2 Å². The molecule has 2 aromatic rings. The van der Waals surface area contributed by atoms with E-state index < -0.39 is 10.2 Å². The van der Waals surface area contributed by atoms with Crippen molar-refractivity contribution in [1.82, 2.24) is 23.3 Å². The maximum atomic E-state index is 12.8. The third kappa shape index (κ3) is 4.29. The molecule has 2 heterocycles. The van der Waals surface area contributed by atoms with Gasteiger partial charge in [0, 0.05) is 49.9 Å². The summed E-state index contributed by atoms with van der Waals surface area (Å²) in [6, 6.07) is 7.63. The second-order valence-electron chi connectivity index (χ2n) is 6.43. The van der Waals surface area contributed by atoms with Crippen LogP contribution in [-0.4, -0.2) is 76.9 Å². The number of hydrogen-bond acceptors (Lipinski definition) is 4. The van der Waals surface area contributed by atoms with Gasteiger partial charge in [-0.3, -0.25) is 4.79 Å². The highest BCUT2D eigenvalue weighted by Gasteiger charge is 2.32. The summed E-state index contributed by atoms with van der Waals surface area (Å²) < 4.78 is 30.7. The molecule has 0 bridgehead atoms. The first-order valence-corrected chi connectivity index (χ1v) is 11.4. The summed E-state index contributed by atoms with van der Waals surface area (Å²) in [5.74, 6) is -0.136. The number of piperazine rings is 1. The van der Waals surface area contributed by atoms with Crippen molar-refractivity contribution in [2.45, 2.75) is 13.8 Å². The lowest BCUT2D eigenvalue weighted by atomic mass is 10.2. The van der Waals surface area contributed by atoms with Gasteiger partial charge in [0.1, 0.15) is 0 Å². The fourth-order valence-corrected chi connectivity index (χ4v) is 5.05. The standard InChI is InChI=1S/C18H24BrN5O3S/c1-3-22(4-2)28(26,27)23-11-9-21(10-12-23)18(25)15-13-20-24(14-15)17-7-5-16(19)6-8-17/h5-8,13-14H,3-4,9-12H2,1-2H3. The Morgan fingerprint density at radius 2 is 1.71 bits per heavy atom. The van der Waals surface area contributed by atoms with Crippen LogP contribution in [0.15, 0.2) is 41.1 Å². The predicted molar refractivity (Wildman–Crippen MR) is 111 cm³/mol. The highest BCUT2D eigenvalue weighted by atomic mass is 79.9. The third-order valence-electron chi connectivity index (χ3n) is 4.80. The topological polar surface area (TPSA) is 78.8 Å². The predicted octanol–water partition coefficient (Wildman–Crippen LogP) is 1.98. The van der Waals surface area contributed by atoms with Crippen LogP contribution in [0.2, 0.25) is 0 Å². The summed E-state index contributed by atoms with van der Waals surface area (Å²) in [6.45, 7) is 5.84. The maximum absolute atomic E-state index is 12.8. The summed E-state index contributed by atoms with van der Waals surface area (Å²) in [5, 5.41) is 4.27. The van der Waals surface area contributed by atoms with Crippen LogP contribution in [0.25, 0.3) is 5.69 Å². The lowest BCUT2D eigenvalue weighted by molar-refractivity contribution is 0.0694. The number of halogens is 1. The van der Waals surface area contributed by atoms with Crippen molar-refractivity contribution in [3.05, 3.63) is 46.7 Å². The molecule has 1 aromatic carbocycles. The Balaban J connectivity index is 1.65. The number of nitrogens with zero attached hydrogens (tertiary/aromatic N) is 5. The van der Waals surface area contributed by atoms with Gasteiger partial charge in [-0.25, -0.2) is 4.68 Å². The molecule has 8 nitrogen and oxygen atoms in total. The molecule has 0 spiro atoms. The second kappa shape index (κ2) is 8.73. The second-order valence-corrected chi connectivity index (χ2v) is 9.28. The first-order chi connectivity index (χ1) is 13.4. The number of aromatic nitrogens is 2. The molecule has 0 saturated carbocycles. The van der Waals surface area contributed by atoms with Crippen LogP contribution in [0.3, 0.4) is 0 Å². The molecule has 1 aliphatic heterocycles. The van der Waals surface area contributed by atoms with E-state index in [0.717, 1.165) is 10.2 Å². The van der Waals surface area contributed by atoms with E-state index in [2.05, 4.69) is 21.0 Å². The van der Waals surface area contributed by atoms with Crippen LogP contribution in [0.5, 0.6) is 0 Å². The number of amides is 1. The van der Waals surface area contributed by atoms with Gasteiger partial charge in [-0.2, -0.15) is 22.1 Å². The summed E-state index contributed by atoms with van der Waals surface area (Å²) in [7, 11) is -3.47. The fourth-order valence-electron chi connectivity index (χ4n) is 3.19. The molecule has 10 heteroatoms. The van der Waals surface area contributed by atoms with Gasteiger partial charge in [0.2, 0.25) is 0 Å². The highest BCUT2D eigenvalue weighted by Crippen LogP contribution is 2.17. The van der Waals surface area contributed by atoms with Crippen molar-refractivity contribution in [1.29, 1.82) is 0 Å². The van der Waals surface area contributed by atoms with Crippen LogP contribution in [0, 0.1) is 0 Å². The largest absolute Gasteiger partial charge is 0.336 e. The molecule has 0 radical (unpaired) electrons. The van der Waals surface area contributed by atoms with E-state index in [-0.39, 0.29) is 5.91 Å². The molecule has 0 N–H and O–H groups in total. The van der Waals surface area contributed by atoms with Crippen LogP contribution in [0.4, 0.5) is 0 Å². The molecule has 1 saturated heterocycles. The molecule has 1 aliphatic rings. The van der Waals surface area contributed by atoms with E-state index in [1.807, 2.05) is 38.1 Å². The Kier molecular flexibility index (Phi) is 6.54. The Bertz CT molecular complexity index is 917. The first kappa shape index (κ1) is 21.0. The van der Waals surface area contributed by atoms with E-state index >= 15 is 0 Å². The van der Waals surface area contributed by atoms with Gasteiger partial charge >= 0.3 is 0 Å². The number of carbonyl (C=O) groups is 1. The van der Waals surface area contributed by atoms with E-state index in [9.17, 15) is 13.2 Å². The van der Waals surface area contributed by atoms with Crippen LogP contribution < -0.4 is 0 Å². The van der Waals surface area contributed by atoms with Crippen LogP contribution >= 0.6 is 15.9 Å². The van der Waals surface area contributed by atoms with E-state index in [1.54, 1.807) is 22.0 Å². The summed E-state index contributed by atoms with van der Waals surface area (Å²) >= 11 is 3.39. The lowest BCUT2D eigenvalue weighted by Gasteiger charge is -2.36. The molecule has 0 unspecified atom stereocenters. The Hall–Kier alpha value is -1.75. The maximum Gasteiger partial charge on any atom is 0.282 e. The first-order valence-electron chi connectivity index (χ1n) is 9.22. The molecular weight excluding hydrogens is 446 g/mol. The highest BCUT2D eigenvalue weighted by molar-refractivity contribution is 9.10. The zero-order valence-electron chi connectivity index (χ0n) is 16.0. The molecule has 0 atom stereocenters. The molecule has 152 valence electrons. The molecule has 1 aromatic heterocycles.